The van der Waals surface area contributed by atoms with Crippen molar-refractivity contribution >= 4 is 18.1 Å². The van der Waals surface area contributed by atoms with Gasteiger partial charge in [0.15, 0.2) is 0 Å². The maximum absolute atomic E-state index is 11.4. The van der Waals surface area contributed by atoms with Crippen molar-refractivity contribution in [1.29, 1.82) is 0 Å². The molecule has 0 saturated carbocycles. The Morgan fingerprint density at radius 2 is 2.29 bits per heavy atom. The molecule has 2 aromatic rings. The number of nitrogens with one attached hydrogen (secondary N) is 1. The minimum absolute atomic E-state index is 0.290. The lowest BCUT2D eigenvalue weighted by Crippen LogP contribution is -2.18. The van der Waals surface area contributed by atoms with Crippen LogP contribution in [0.2, 0.25) is 0 Å². The lowest BCUT2D eigenvalue weighted by Gasteiger charge is -2.15. The number of thiol groups is 1. The van der Waals surface area contributed by atoms with Gasteiger partial charge in [0, 0.05) is 11.8 Å². The Morgan fingerprint density at radius 3 is 2.94 bits per heavy atom. The van der Waals surface area contributed by atoms with Gasteiger partial charge >= 0.3 is 0 Å². The predicted octanol–water partition coefficient (Wildman–Crippen LogP) is -0.263. The summed E-state index contributed by atoms with van der Waals surface area (Å²) in [4.78, 5) is 13.9. The summed E-state index contributed by atoms with van der Waals surface area (Å²) in [7, 11) is 0. The van der Waals surface area contributed by atoms with E-state index in [1.54, 1.807) is 0 Å². The molecule has 2 rings (SSSR count). The van der Waals surface area contributed by atoms with E-state index in [0.717, 1.165) is 0 Å². The summed E-state index contributed by atoms with van der Waals surface area (Å²) in [6, 6.07) is 1.51. The number of hydrogen-bond acceptors (Lipinski definition) is 5. The summed E-state index contributed by atoms with van der Waals surface area (Å²) < 4.78 is 1.37. The highest BCUT2D eigenvalue weighted by Gasteiger charge is 2.19. The van der Waals surface area contributed by atoms with Crippen molar-refractivity contribution in [3.05, 3.63) is 34.5 Å². The molecule has 92 valence electrons. The molecule has 0 aliphatic carbocycles. The van der Waals surface area contributed by atoms with Gasteiger partial charge in [0.05, 0.1) is 6.10 Å². The van der Waals surface area contributed by atoms with Crippen molar-refractivity contribution in [2.45, 2.75) is 18.6 Å². The third kappa shape index (κ3) is 2.36. The number of aliphatic hydroxyl groups excluding tert-OH is 2. The first kappa shape index (κ1) is 12.2. The van der Waals surface area contributed by atoms with Crippen LogP contribution in [0.25, 0.3) is 5.52 Å². The zero-order chi connectivity index (χ0) is 12.4. The number of H-pyrrole nitrogens is 1. The zero-order valence-electron chi connectivity index (χ0n) is 8.95. The summed E-state index contributed by atoms with van der Waals surface area (Å²) >= 11 is 3.99. The maximum Gasteiger partial charge on any atom is 0.275 e. The number of hydrogen-bond donors (Lipinski definition) is 4. The number of aliphatic hydroxyl groups is 2. The van der Waals surface area contributed by atoms with Crippen LogP contribution in [0.1, 0.15) is 18.1 Å². The zero-order valence-corrected chi connectivity index (χ0v) is 9.84. The quantitative estimate of drug-likeness (QED) is 0.566. The minimum atomic E-state index is -1.04. The second kappa shape index (κ2) is 4.91. The number of aromatic nitrogens is 3. The Labute approximate surface area is 102 Å². The van der Waals surface area contributed by atoms with E-state index < -0.39 is 12.2 Å². The van der Waals surface area contributed by atoms with Crippen LogP contribution < -0.4 is 5.56 Å². The predicted molar refractivity (Wildman–Crippen MR) is 65.2 cm³/mol. The van der Waals surface area contributed by atoms with E-state index >= 15 is 0 Å². The van der Waals surface area contributed by atoms with Crippen LogP contribution in [0.5, 0.6) is 0 Å². The maximum atomic E-state index is 11.4. The van der Waals surface area contributed by atoms with Gasteiger partial charge in [-0.2, -0.15) is 17.7 Å². The van der Waals surface area contributed by atoms with Gasteiger partial charge in [0.1, 0.15) is 17.9 Å². The monoisotopic (exact) mass is 255 g/mol. The Bertz CT molecular complexity index is 565. The van der Waals surface area contributed by atoms with Crippen molar-refractivity contribution in [1.82, 2.24) is 14.6 Å². The first-order valence-corrected chi connectivity index (χ1v) is 5.79. The minimum Gasteiger partial charge on any atom is -0.390 e. The highest BCUT2D eigenvalue weighted by Crippen LogP contribution is 2.20. The van der Waals surface area contributed by atoms with Crippen molar-refractivity contribution in [2.24, 2.45) is 0 Å². The third-order valence-corrected chi connectivity index (χ3v) is 2.82. The fraction of sp³-hybridized carbons (Fsp3) is 0.400. The molecule has 2 aromatic heterocycles. The van der Waals surface area contributed by atoms with Gasteiger partial charge in [-0.3, -0.25) is 4.79 Å². The van der Waals surface area contributed by atoms with Gasteiger partial charge in [-0.25, -0.2) is 4.52 Å². The molecule has 2 heterocycles. The van der Waals surface area contributed by atoms with Crippen LogP contribution in [-0.4, -0.2) is 36.7 Å². The fourth-order valence-corrected chi connectivity index (χ4v) is 1.90. The number of rotatable bonds is 4. The molecule has 2 atom stereocenters. The van der Waals surface area contributed by atoms with Gasteiger partial charge in [-0.05, 0) is 18.2 Å². The van der Waals surface area contributed by atoms with Crippen LogP contribution in [-0.2, 0) is 0 Å². The van der Waals surface area contributed by atoms with Crippen LogP contribution in [0.4, 0.5) is 0 Å². The molecule has 0 fully saturated rings. The molecular weight excluding hydrogens is 242 g/mol. The first-order valence-electron chi connectivity index (χ1n) is 5.16. The molecule has 0 saturated heterocycles. The second-order valence-corrected chi connectivity index (χ2v) is 4.19. The molecule has 2 unspecified atom stereocenters. The van der Waals surface area contributed by atoms with Gasteiger partial charge in [0.25, 0.3) is 5.56 Å². The van der Waals surface area contributed by atoms with Gasteiger partial charge < -0.3 is 15.2 Å². The highest BCUT2D eigenvalue weighted by molar-refractivity contribution is 7.80. The molecule has 0 aromatic carbocycles. The molecule has 0 amide bonds. The third-order valence-electron chi connectivity index (χ3n) is 2.56. The summed E-state index contributed by atoms with van der Waals surface area (Å²) in [6.07, 6.45) is 1.24. The van der Waals surface area contributed by atoms with E-state index in [-0.39, 0.29) is 5.56 Å². The van der Waals surface area contributed by atoms with Crippen LogP contribution in [0.15, 0.2) is 23.4 Å². The molecule has 17 heavy (non-hydrogen) atoms. The molecule has 0 aliphatic heterocycles. The molecule has 0 bridgehead atoms. The Hall–Kier alpha value is -1.31. The molecule has 7 heteroatoms. The number of aromatic amines is 1. The number of fused-ring (bicyclic) bond motifs is 1. The first-order chi connectivity index (χ1) is 8.13. The fourth-order valence-electron chi connectivity index (χ4n) is 1.63. The Morgan fingerprint density at radius 1 is 1.53 bits per heavy atom. The topological polar surface area (TPSA) is 90.6 Å². The van der Waals surface area contributed by atoms with E-state index in [0.29, 0.717) is 23.3 Å². The SMILES string of the molecule is O=c1[nH]cnn2cc(C(O)C(O)CCS)cc12. The lowest BCUT2D eigenvalue weighted by molar-refractivity contribution is 0.0173. The molecule has 0 aliphatic rings. The van der Waals surface area contributed by atoms with Crippen LogP contribution in [0, 0.1) is 0 Å². The normalized spacial score (nSPS) is 15.0. The smallest absolute Gasteiger partial charge is 0.275 e. The lowest BCUT2D eigenvalue weighted by atomic mass is 10.1. The standard InChI is InChI=1S/C10H13N3O3S/c14-8(1-2-17)9(15)6-3-7-10(16)11-5-12-13(7)4-6/h3-5,8-9,14-15,17H,1-2H2,(H,11,12,16). The van der Waals surface area contributed by atoms with E-state index in [1.807, 2.05) is 0 Å². The summed E-state index contributed by atoms with van der Waals surface area (Å²) in [5.74, 6) is 0.477. The Balaban J connectivity index is 2.36. The van der Waals surface area contributed by atoms with Crippen LogP contribution >= 0.6 is 12.6 Å². The molecule has 6 nitrogen and oxygen atoms in total. The van der Waals surface area contributed by atoms with Gasteiger partial charge in [0.2, 0.25) is 0 Å². The summed E-state index contributed by atoms with van der Waals surface area (Å²) in [5.41, 5.74) is 0.505. The average molecular weight is 255 g/mol. The largest absolute Gasteiger partial charge is 0.390 e. The summed E-state index contributed by atoms with van der Waals surface area (Å²) in [5, 5.41) is 23.4. The van der Waals surface area contributed by atoms with Crippen molar-refractivity contribution in [3.8, 4) is 0 Å². The average Bonchev–Trinajstić information content (AvgIpc) is 2.73. The molecule has 3 N–H and O–H groups in total. The van der Waals surface area contributed by atoms with E-state index in [4.69, 9.17) is 0 Å². The van der Waals surface area contributed by atoms with Gasteiger partial charge in [-0.15, -0.1) is 0 Å². The van der Waals surface area contributed by atoms with Crippen molar-refractivity contribution in [3.63, 3.8) is 0 Å². The van der Waals surface area contributed by atoms with Crippen LogP contribution in [0.3, 0.4) is 0 Å². The van der Waals surface area contributed by atoms with Gasteiger partial charge in [-0.1, -0.05) is 0 Å². The van der Waals surface area contributed by atoms with E-state index in [2.05, 4.69) is 22.7 Å². The molecular formula is C10H13N3O3S. The molecule has 0 radical (unpaired) electrons. The second-order valence-electron chi connectivity index (χ2n) is 3.75. The Kier molecular flexibility index (Phi) is 3.51. The van der Waals surface area contributed by atoms with E-state index in [1.165, 1.54) is 23.1 Å². The van der Waals surface area contributed by atoms with Crippen molar-refractivity contribution in [2.75, 3.05) is 5.75 Å². The summed E-state index contributed by atoms with van der Waals surface area (Å²) in [6.45, 7) is 0. The highest BCUT2D eigenvalue weighted by atomic mass is 32.1. The number of nitrogens with zero attached hydrogens (tertiary/aromatic N) is 2. The van der Waals surface area contributed by atoms with Crippen molar-refractivity contribution < 1.29 is 10.2 Å². The molecule has 0 spiro atoms. The van der Waals surface area contributed by atoms with E-state index in [9.17, 15) is 15.0 Å².